The van der Waals surface area contributed by atoms with E-state index in [4.69, 9.17) is 13.0 Å². The molecule has 0 N–H and O–H groups in total. The van der Waals surface area contributed by atoms with Crippen molar-refractivity contribution in [2.45, 2.75) is 20.2 Å². The zero-order valence-corrected chi connectivity index (χ0v) is 20.8. The third-order valence-corrected chi connectivity index (χ3v) is 8.96. The van der Waals surface area contributed by atoms with E-state index in [1.54, 1.807) is 11.3 Å². The van der Waals surface area contributed by atoms with Gasteiger partial charge in [-0.1, -0.05) is 48.5 Å². The van der Waals surface area contributed by atoms with Crippen LogP contribution < -0.4 is 5.43 Å². The summed E-state index contributed by atoms with van der Waals surface area (Å²) >= 11 is 1.68. The Bertz CT molecular complexity index is 1630. The molecule has 5 aromatic rings. The first-order valence-corrected chi connectivity index (χ1v) is 13.8. The summed E-state index contributed by atoms with van der Waals surface area (Å²) in [5.74, 6) is 0. The summed E-state index contributed by atoms with van der Waals surface area (Å²) in [4.78, 5) is 16.8. The van der Waals surface area contributed by atoms with Crippen LogP contribution in [0.25, 0.3) is 20.2 Å². The molecule has 0 aliphatic heterocycles. The predicted molar refractivity (Wildman–Crippen MR) is 136 cm³/mol. The van der Waals surface area contributed by atoms with E-state index < -0.39 is 15.6 Å². The lowest BCUT2D eigenvalue weighted by Gasteiger charge is -2.09. The quantitative estimate of drug-likeness (QED) is 0.111. The van der Waals surface area contributed by atoms with Crippen molar-refractivity contribution >= 4 is 52.5 Å². The Hall–Kier alpha value is -3.18. The molecule has 0 saturated heterocycles. The molecule has 0 radical (unpaired) electrons. The molecule has 0 fully saturated rings. The van der Waals surface area contributed by atoms with E-state index >= 15 is 0 Å². The molecule has 0 spiro atoms. The van der Waals surface area contributed by atoms with Crippen LogP contribution in [0.3, 0.4) is 0 Å². The molecule has 4 aromatic carbocycles. The maximum atomic E-state index is 13.1. The number of halogens is 3. The lowest BCUT2D eigenvalue weighted by atomic mass is 10.2. The minimum Gasteiger partial charge on any atom is -0.741 e. The topological polar surface area (TPSA) is 74.3 Å². The molecule has 0 amide bonds. The number of rotatable bonds is 3. The molecule has 0 saturated carbocycles. The SMILES string of the molecule is O=S(=O)([O-])C(F)(F)F.O=c1c2ccccc2sc2ccc([S+](c3ccccc3)c3ccccc3)cc12. The van der Waals surface area contributed by atoms with Crippen LogP contribution in [0.15, 0.2) is 123 Å². The highest BCUT2D eigenvalue weighted by atomic mass is 32.2. The fraction of sp³-hybridized carbons (Fsp3) is 0.0385. The number of benzene rings is 4. The number of hydrogen-bond donors (Lipinski definition) is 0. The Morgan fingerprint density at radius 1 is 0.667 bits per heavy atom. The number of hydrogen-bond acceptors (Lipinski definition) is 5. The van der Waals surface area contributed by atoms with Crippen LogP contribution in [-0.4, -0.2) is 18.5 Å². The molecule has 1 heterocycles. The smallest absolute Gasteiger partial charge is 0.485 e. The predicted octanol–water partition coefficient (Wildman–Crippen LogP) is 6.56. The monoisotopic (exact) mass is 546 g/mol. The molecule has 0 atom stereocenters. The van der Waals surface area contributed by atoms with Crippen molar-refractivity contribution in [1.29, 1.82) is 0 Å². The van der Waals surface area contributed by atoms with Crippen molar-refractivity contribution in [1.82, 2.24) is 0 Å². The Morgan fingerprint density at radius 3 is 1.67 bits per heavy atom. The van der Waals surface area contributed by atoms with E-state index in [1.165, 1.54) is 14.7 Å². The van der Waals surface area contributed by atoms with Gasteiger partial charge in [-0.15, -0.1) is 11.3 Å². The molecule has 5 rings (SSSR count). The second-order valence-corrected chi connectivity index (χ2v) is 11.9. The van der Waals surface area contributed by atoms with Gasteiger partial charge < -0.3 is 4.55 Å². The van der Waals surface area contributed by atoms with Gasteiger partial charge >= 0.3 is 5.51 Å². The summed E-state index contributed by atoms with van der Waals surface area (Å²) in [6.07, 6.45) is 0. The van der Waals surface area contributed by atoms with Crippen LogP contribution in [0.2, 0.25) is 0 Å². The lowest BCUT2D eigenvalue weighted by Crippen LogP contribution is -2.21. The van der Waals surface area contributed by atoms with E-state index in [-0.39, 0.29) is 16.3 Å². The average molecular weight is 547 g/mol. The summed E-state index contributed by atoms with van der Waals surface area (Å²) in [5.41, 5.74) is -5.52. The van der Waals surface area contributed by atoms with Gasteiger partial charge in [0.15, 0.2) is 30.2 Å². The van der Waals surface area contributed by atoms with Gasteiger partial charge in [0.25, 0.3) is 0 Å². The minimum atomic E-state index is -6.09. The van der Waals surface area contributed by atoms with Crippen LogP contribution in [0.1, 0.15) is 0 Å². The Balaban J connectivity index is 0.000000331. The third-order valence-electron chi connectivity index (χ3n) is 5.02. The van der Waals surface area contributed by atoms with Crippen molar-refractivity contribution in [3.8, 4) is 0 Å². The Morgan fingerprint density at radius 2 is 1.14 bits per heavy atom. The van der Waals surface area contributed by atoms with Crippen molar-refractivity contribution in [3.05, 3.63) is 113 Å². The third kappa shape index (κ3) is 5.62. The van der Waals surface area contributed by atoms with Gasteiger partial charge in [-0.05, 0) is 48.5 Å². The van der Waals surface area contributed by atoms with E-state index in [2.05, 4.69) is 66.7 Å². The van der Waals surface area contributed by atoms with Gasteiger partial charge in [0, 0.05) is 26.2 Å². The second kappa shape index (κ2) is 10.4. The van der Waals surface area contributed by atoms with Gasteiger partial charge in [-0.3, -0.25) is 4.79 Å². The standard InChI is InChI=1S/C25H17OS2.CHF3O3S/c26-25-21-13-7-8-14-23(21)27-24-16-15-20(17-22(24)25)28(18-9-3-1-4-10-18)19-11-5-2-6-12-19;2-1(3,4)8(5,6)7/h1-17H;(H,5,6,7)/q+1;/p-1. The Kier molecular flexibility index (Phi) is 7.51. The van der Waals surface area contributed by atoms with Gasteiger partial charge in [-0.2, -0.15) is 13.2 Å². The molecule has 0 bridgehead atoms. The van der Waals surface area contributed by atoms with E-state index in [0.29, 0.717) is 0 Å². The second-order valence-electron chi connectivity index (χ2n) is 7.42. The molecule has 0 aliphatic carbocycles. The Labute approximate surface area is 211 Å². The molecule has 1 aromatic heterocycles. The van der Waals surface area contributed by atoms with Crippen LogP contribution in [0.4, 0.5) is 13.2 Å². The highest BCUT2D eigenvalue weighted by Crippen LogP contribution is 2.34. The van der Waals surface area contributed by atoms with Gasteiger partial charge in [0.2, 0.25) is 0 Å². The van der Waals surface area contributed by atoms with Gasteiger partial charge in [0.05, 0.1) is 10.9 Å². The summed E-state index contributed by atoms with van der Waals surface area (Å²) in [5, 5.41) is 1.61. The first-order valence-electron chi connectivity index (χ1n) is 10.4. The number of alkyl halides is 3. The van der Waals surface area contributed by atoms with Crippen molar-refractivity contribution in [2.75, 3.05) is 0 Å². The molecule has 4 nitrogen and oxygen atoms in total. The minimum absolute atomic E-state index is 0.121. The van der Waals surface area contributed by atoms with Gasteiger partial charge in [0.1, 0.15) is 0 Å². The summed E-state index contributed by atoms with van der Waals surface area (Å²) in [7, 11) is -6.34. The van der Waals surface area contributed by atoms with Crippen molar-refractivity contribution in [3.63, 3.8) is 0 Å². The zero-order chi connectivity index (χ0) is 25.9. The molecule has 0 unspecified atom stereocenters. The van der Waals surface area contributed by atoms with E-state index in [1.807, 2.05) is 36.4 Å². The van der Waals surface area contributed by atoms with Crippen LogP contribution in [0.5, 0.6) is 0 Å². The summed E-state index contributed by atoms with van der Waals surface area (Å²) < 4.78 is 61.0. The maximum Gasteiger partial charge on any atom is 0.485 e. The maximum absolute atomic E-state index is 13.1. The molecule has 0 aliphatic rings. The molecule has 184 valence electrons. The van der Waals surface area contributed by atoms with Crippen LogP contribution >= 0.6 is 11.3 Å². The highest BCUT2D eigenvalue weighted by molar-refractivity contribution is 7.97. The fourth-order valence-electron chi connectivity index (χ4n) is 3.43. The van der Waals surface area contributed by atoms with Crippen LogP contribution in [-0.2, 0) is 21.0 Å². The molecule has 10 heteroatoms. The first-order chi connectivity index (χ1) is 17.1. The van der Waals surface area contributed by atoms with E-state index in [9.17, 15) is 18.0 Å². The molecular weight excluding hydrogens is 529 g/mol. The van der Waals surface area contributed by atoms with Gasteiger partial charge in [-0.25, -0.2) is 8.42 Å². The van der Waals surface area contributed by atoms with Crippen LogP contribution in [0, 0.1) is 0 Å². The number of fused-ring (bicyclic) bond motifs is 2. The zero-order valence-electron chi connectivity index (χ0n) is 18.3. The highest BCUT2D eigenvalue weighted by Gasteiger charge is 2.37. The largest absolute Gasteiger partial charge is 0.741 e. The first kappa shape index (κ1) is 25.9. The van der Waals surface area contributed by atoms with E-state index in [0.717, 1.165) is 20.2 Å². The fourth-order valence-corrected chi connectivity index (χ4v) is 6.60. The summed E-state index contributed by atoms with van der Waals surface area (Å²) in [6.45, 7) is 0. The molecular formula is C26H17F3O4S3. The molecule has 36 heavy (non-hydrogen) atoms. The van der Waals surface area contributed by atoms with Crippen molar-refractivity contribution < 1.29 is 26.1 Å². The lowest BCUT2D eigenvalue weighted by molar-refractivity contribution is -0.0517. The summed E-state index contributed by atoms with van der Waals surface area (Å²) in [6, 6.07) is 35.3. The average Bonchev–Trinajstić information content (AvgIpc) is 2.85. The normalized spacial score (nSPS) is 11.9. The van der Waals surface area contributed by atoms with Crippen molar-refractivity contribution in [2.24, 2.45) is 0 Å².